The van der Waals surface area contributed by atoms with Crippen molar-refractivity contribution in [2.45, 2.75) is 24.8 Å². The predicted octanol–water partition coefficient (Wildman–Crippen LogP) is 2.75. The first-order valence-electron chi connectivity index (χ1n) is 8.98. The van der Waals surface area contributed by atoms with E-state index in [0.717, 1.165) is 0 Å². The molecule has 1 aromatic heterocycles. The van der Waals surface area contributed by atoms with Crippen LogP contribution in [-0.2, 0) is 9.53 Å². The molecule has 1 aromatic carbocycles. The molecular weight excluding hydrogens is 387 g/mol. The molecule has 0 radical (unpaired) electrons. The quantitative estimate of drug-likeness (QED) is 0.828. The molecule has 1 atom stereocenters. The van der Waals surface area contributed by atoms with Crippen LogP contribution in [0.2, 0.25) is 5.02 Å². The largest absolute Gasteiger partial charge is 0.447 e. The highest BCUT2D eigenvalue weighted by Gasteiger charge is 2.34. The number of alkyl carbamates (subject to hydrolysis) is 1. The first-order valence-corrected chi connectivity index (χ1v) is 9.36. The van der Waals surface area contributed by atoms with Gasteiger partial charge in [-0.1, -0.05) is 11.6 Å². The van der Waals surface area contributed by atoms with Crippen molar-refractivity contribution < 1.29 is 18.7 Å². The van der Waals surface area contributed by atoms with Crippen LogP contribution in [0.15, 0.2) is 30.6 Å². The van der Waals surface area contributed by atoms with Gasteiger partial charge in [-0.05, 0) is 24.6 Å². The van der Waals surface area contributed by atoms with Gasteiger partial charge in [0, 0.05) is 48.1 Å². The molecule has 2 saturated heterocycles. The number of likely N-dealkylation sites (tertiary alicyclic amines) is 1. The number of nitrogens with zero attached hydrogens (tertiary/aromatic N) is 3. The lowest BCUT2D eigenvalue weighted by atomic mass is 9.97. The molecule has 0 unspecified atom stereocenters. The highest BCUT2D eigenvalue weighted by atomic mass is 35.5. The van der Waals surface area contributed by atoms with Crippen molar-refractivity contribution in [2.75, 3.05) is 19.7 Å². The van der Waals surface area contributed by atoms with E-state index < -0.39 is 11.9 Å². The summed E-state index contributed by atoms with van der Waals surface area (Å²) in [4.78, 5) is 33.6. The van der Waals surface area contributed by atoms with Gasteiger partial charge in [-0.25, -0.2) is 19.2 Å². The number of nitrogens with one attached hydrogen (secondary N) is 1. The maximum Gasteiger partial charge on any atom is 0.407 e. The molecule has 2 aliphatic heterocycles. The van der Waals surface area contributed by atoms with Crippen LogP contribution in [-0.4, -0.2) is 52.6 Å². The van der Waals surface area contributed by atoms with Crippen LogP contribution in [0.5, 0.6) is 0 Å². The summed E-state index contributed by atoms with van der Waals surface area (Å²) in [5.74, 6) is 0.326. The third-order valence-corrected chi connectivity index (χ3v) is 5.19. The monoisotopic (exact) mass is 404 g/mol. The average Bonchev–Trinajstić information content (AvgIpc) is 3.05. The Morgan fingerprint density at radius 3 is 2.71 bits per heavy atom. The summed E-state index contributed by atoms with van der Waals surface area (Å²) in [5.41, 5.74) is 0.968. The number of carbonyl (C=O) groups excluding carboxylic acids is 2. The van der Waals surface area contributed by atoms with Crippen LogP contribution >= 0.6 is 11.6 Å². The van der Waals surface area contributed by atoms with Crippen molar-refractivity contribution in [3.05, 3.63) is 47.3 Å². The number of hydrogen-bond acceptors (Lipinski definition) is 5. The Labute approximate surface area is 165 Å². The molecule has 3 heterocycles. The van der Waals surface area contributed by atoms with Crippen LogP contribution in [0.1, 0.15) is 24.6 Å². The lowest BCUT2D eigenvalue weighted by Crippen LogP contribution is -2.49. The highest BCUT2D eigenvalue weighted by Crippen LogP contribution is 2.28. The van der Waals surface area contributed by atoms with E-state index in [1.54, 1.807) is 29.4 Å². The fourth-order valence-electron chi connectivity index (χ4n) is 3.29. The second-order valence-electron chi connectivity index (χ2n) is 6.93. The maximum atomic E-state index is 14.0. The Morgan fingerprint density at radius 1 is 1.32 bits per heavy atom. The number of aromatic nitrogens is 2. The molecule has 9 heteroatoms. The van der Waals surface area contributed by atoms with Crippen LogP contribution in [0.3, 0.4) is 0 Å². The van der Waals surface area contributed by atoms with E-state index in [-0.39, 0.29) is 17.9 Å². The van der Waals surface area contributed by atoms with Gasteiger partial charge in [-0.15, -0.1) is 0 Å². The fraction of sp³-hybridized carbons (Fsp3) is 0.368. The average molecular weight is 405 g/mol. The summed E-state index contributed by atoms with van der Waals surface area (Å²) < 4.78 is 18.8. The van der Waals surface area contributed by atoms with Crippen molar-refractivity contribution in [3.63, 3.8) is 0 Å². The number of hydrogen-bond donors (Lipinski definition) is 1. The molecule has 1 N–H and O–H groups in total. The van der Waals surface area contributed by atoms with Gasteiger partial charge in [0.2, 0.25) is 5.91 Å². The standard InChI is InChI=1S/C19H18ClFN4O3/c20-13-1-3-15(16(21)5-13)11-6-22-18(23-7-11)12-8-25(9-12)17(26)4-2-14-10-28-19(27)24-14/h1,3,5-7,12,14H,2,4,8-10H2,(H,24,27)/t14-/m1/s1. The first-order chi connectivity index (χ1) is 13.5. The molecule has 0 spiro atoms. The van der Waals surface area contributed by atoms with Crippen LogP contribution in [0, 0.1) is 5.82 Å². The zero-order valence-electron chi connectivity index (χ0n) is 14.9. The van der Waals surface area contributed by atoms with Crippen LogP contribution in [0.25, 0.3) is 11.1 Å². The molecule has 2 aliphatic rings. The molecular formula is C19H18ClFN4O3. The van der Waals surface area contributed by atoms with Gasteiger partial charge in [-0.2, -0.15) is 0 Å². The second-order valence-corrected chi connectivity index (χ2v) is 7.36. The minimum Gasteiger partial charge on any atom is -0.447 e. The topological polar surface area (TPSA) is 84.4 Å². The summed E-state index contributed by atoms with van der Waals surface area (Å²) in [6, 6.07) is 4.37. The zero-order chi connectivity index (χ0) is 19.7. The number of amides is 2. The lowest BCUT2D eigenvalue weighted by molar-refractivity contribution is -0.135. The Balaban J connectivity index is 1.29. The predicted molar refractivity (Wildman–Crippen MR) is 99.3 cm³/mol. The van der Waals surface area contributed by atoms with E-state index in [1.807, 2.05) is 0 Å². The smallest absolute Gasteiger partial charge is 0.407 e. The van der Waals surface area contributed by atoms with E-state index in [1.165, 1.54) is 6.07 Å². The summed E-state index contributed by atoms with van der Waals surface area (Å²) in [6.07, 6.45) is 3.66. The molecule has 0 aliphatic carbocycles. The van der Waals surface area contributed by atoms with Crippen LogP contribution < -0.4 is 5.32 Å². The molecule has 0 saturated carbocycles. The Bertz CT molecular complexity index is 903. The van der Waals surface area contributed by atoms with Gasteiger partial charge in [0.1, 0.15) is 18.2 Å². The third kappa shape index (κ3) is 3.91. The van der Waals surface area contributed by atoms with Crippen molar-refractivity contribution in [1.29, 1.82) is 0 Å². The molecule has 28 heavy (non-hydrogen) atoms. The van der Waals surface area contributed by atoms with E-state index >= 15 is 0 Å². The van der Waals surface area contributed by atoms with Crippen molar-refractivity contribution in [3.8, 4) is 11.1 Å². The maximum absolute atomic E-state index is 14.0. The molecule has 7 nitrogen and oxygen atoms in total. The Hall–Kier alpha value is -2.74. The number of ether oxygens (including phenoxy) is 1. The lowest BCUT2D eigenvalue weighted by Gasteiger charge is -2.38. The van der Waals surface area contributed by atoms with E-state index in [9.17, 15) is 14.0 Å². The molecule has 2 aromatic rings. The number of carbonyl (C=O) groups is 2. The number of cyclic esters (lactones) is 1. The summed E-state index contributed by atoms with van der Waals surface area (Å²) in [5, 5.41) is 2.99. The minimum atomic E-state index is -0.430. The van der Waals surface area contributed by atoms with Gasteiger partial charge in [0.25, 0.3) is 0 Å². The number of benzene rings is 1. The van der Waals surface area contributed by atoms with E-state index in [0.29, 0.717) is 54.5 Å². The fourth-order valence-corrected chi connectivity index (χ4v) is 3.45. The minimum absolute atomic E-state index is 0.0391. The zero-order valence-corrected chi connectivity index (χ0v) is 15.7. The molecule has 0 bridgehead atoms. The number of rotatable bonds is 5. The van der Waals surface area contributed by atoms with E-state index in [4.69, 9.17) is 16.3 Å². The van der Waals surface area contributed by atoms with Crippen molar-refractivity contribution in [2.24, 2.45) is 0 Å². The first kappa shape index (κ1) is 18.6. The van der Waals surface area contributed by atoms with E-state index in [2.05, 4.69) is 15.3 Å². The molecule has 4 rings (SSSR count). The Morgan fingerprint density at radius 2 is 2.07 bits per heavy atom. The Kier molecular flexibility index (Phi) is 5.13. The highest BCUT2D eigenvalue weighted by molar-refractivity contribution is 6.30. The number of halogens is 2. The summed E-state index contributed by atoms with van der Waals surface area (Å²) in [6.45, 7) is 1.42. The normalized spacial score (nSPS) is 19.1. The van der Waals surface area contributed by atoms with Crippen LogP contribution in [0.4, 0.5) is 9.18 Å². The second kappa shape index (κ2) is 7.71. The van der Waals surface area contributed by atoms with Gasteiger partial charge in [-0.3, -0.25) is 4.79 Å². The molecule has 2 fully saturated rings. The SMILES string of the molecule is O=C1N[C@H](CCC(=O)N2CC(c3ncc(-c4ccc(Cl)cc4F)cn3)C2)CO1. The molecule has 2 amide bonds. The third-order valence-electron chi connectivity index (χ3n) is 4.96. The summed E-state index contributed by atoms with van der Waals surface area (Å²) >= 11 is 5.77. The van der Waals surface area contributed by atoms with Gasteiger partial charge in [0.15, 0.2) is 0 Å². The van der Waals surface area contributed by atoms with Gasteiger partial charge >= 0.3 is 6.09 Å². The molecule has 146 valence electrons. The van der Waals surface area contributed by atoms with Crippen molar-refractivity contribution >= 4 is 23.6 Å². The summed E-state index contributed by atoms with van der Waals surface area (Å²) in [7, 11) is 0. The van der Waals surface area contributed by atoms with Gasteiger partial charge < -0.3 is 15.0 Å². The van der Waals surface area contributed by atoms with Crippen molar-refractivity contribution in [1.82, 2.24) is 20.2 Å². The van der Waals surface area contributed by atoms with Gasteiger partial charge in [0.05, 0.1) is 12.0 Å².